The second-order valence-electron chi connectivity index (χ2n) is 3.65. The molecule has 2 rings (SSSR count). The van der Waals surface area contributed by atoms with Crippen LogP contribution in [0.3, 0.4) is 0 Å². The van der Waals surface area contributed by atoms with Crippen molar-refractivity contribution in [1.82, 2.24) is 4.98 Å². The maximum absolute atomic E-state index is 5.90. The van der Waals surface area contributed by atoms with Gasteiger partial charge < -0.3 is 10.5 Å². The van der Waals surface area contributed by atoms with Crippen LogP contribution in [0.15, 0.2) is 0 Å². The second kappa shape index (κ2) is 4.38. The lowest BCUT2D eigenvalue weighted by atomic mass is 10.2. The summed E-state index contributed by atoms with van der Waals surface area (Å²) in [7, 11) is 0. The van der Waals surface area contributed by atoms with Gasteiger partial charge in [-0.05, 0) is 6.42 Å². The summed E-state index contributed by atoms with van der Waals surface area (Å²) in [6.07, 6.45) is 2.89. The first-order valence-corrected chi connectivity index (χ1v) is 5.92. The van der Waals surface area contributed by atoms with E-state index in [2.05, 4.69) is 11.9 Å². The highest BCUT2D eigenvalue weighted by molar-refractivity contribution is 7.11. The summed E-state index contributed by atoms with van der Waals surface area (Å²) in [4.78, 5) is 5.90. The molecule has 1 aliphatic heterocycles. The summed E-state index contributed by atoms with van der Waals surface area (Å²) in [5.74, 6) is 0. The van der Waals surface area contributed by atoms with Crippen molar-refractivity contribution >= 4 is 11.3 Å². The SMILES string of the molecule is CCC(N)Cc1nc2c(s1)COCC2. The first kappa shape index (κ1) is 10.1. The maximum Gasteiger partial charge on any atom is 0.0947 e. The molecular formula is C10H16N2OS. The van der Waals surface area contributed by atoms with Crippen LogP contribution in [0.4, 0.5) is 0 Å². The molecule has 0 amide bonds. The molecule has 14 heavy (non-hydrogen) atoms. The zero-order valence-corrected chi connectivity index (χ0v) is 9.27. The normalized spacial score (nSPS) is 17.9. The van der Waals surface area contributed by atoms with Crippen molar-refractivity contribution in [3.63, 3.8) is 0 Å². The third-order valence-electron chi connectivity index (χ3n) is 2.50. The second-order valence-corrected chi connectivity index (χ2v) is 4.82. The molecule has 0 saturated heterocycles. The smallest absolute Gasteiger partial charge is 0.0947 e. The van der Waals surface area contributed by atoms with Crippen molar-refractivity contribution in [2.45, 2.75) is 38.8 Å². The number of hydrogen-bond donors (Lipinski definition) is 1. The zero-order chi connectivity index (χ0) is 9.97. The Morgan fingerprint density at radius 2 is 2.50 bits per heavy atom. The maximum atomic E-state index is 5.90. The molecular weight excluding hydrogens is 196 g/mol. The van der Waals surface area contributed by atoms with Gasteiger partial charge in [-0.15, -0.1) is 11.3 Å². The highest BCUT2D eigenvalue weighted by Crippen LogP contribution is 2.24. The van der Waals surface area contributed by atoms with Gasteiger partial charge >= 0.3 is 0 Å². The predicted molar refractivity (Wildman–Crippen MR) is 57.4 cm³/mol. The van der Waals surface area contributed by atoms with Crippen molar-refractivity contribution in [3.05, 3.63) is 15.6 Å². The monoisotopic (exact) mass is 212 g/mol. The van der Waals surface area contributed by atoms with Crippen LogP contribution in [-0.4, -0.2) is 17.6 Å². The summed E-state index contributed by atoms with van der Waals surface area (Å²) in [6.45, 7) is 3.67. The van der Waals surface area contributed by atoms with E-state index in [1.54, 1.807) is 11.3 Å². The van der Waals surface area contributed by atoms with Crippen molar-refractivity contribution in [1.29, 1.82) is 0 Å². The highest BCUT2D eigenvalue weighted by atomic mass is 32.1. The van der Waals surface area contributed by atoms with E-state index < -0.39 is 0 Å². The molecule has 4 heteroatoms. The van der Waals surface area contributed by atoms with Crippen LogP contribution in [0.25, 0.3) is 0 Å². The van der Waals surface area contributed by atoms with Crippen molar-refractivity contribution in [2.75, 3.05) is 6.61 Å². The van der Waals surface area contributed by atoms with Crippen LogP contribution in [0.5, 0.6) is 0 Å². The van der Waals surface area contributed by atoms with Crippen molar-refractivity contribution in [2.24, 2.45) is 5.73 Å². The van der Waals surface area contributed by atoms with Gasteiger partial charge in [0.2, 0.25) is 0 Å². The molecule has 1 unspecified atom stereocenters. The number of ether oxygens (including phenoxy) is 1. The van der Waals surface area contributed by atoms with Crippen LogP contribution >= 0.6 is 11.3 Å². The fraction of sp³-hybridized carbons (Fsp3) is 0.700. The molecule has 1 aromatic rings. The Morgan fingerprint density at radius 1 is 1.64 bits per heavy atom. The van der Waals surface area contributed by atoms with Gasteiger partial charge in [-0.25, -0.2) is 4.98 Å². The summed E-state index contributed by atoms with van der Waals surface area (Å²) in [5.41, 5.74) is 7.13. The summed E-state index contributed by atoms with van der Waals surface area (Å²) < 4.78 is 5.38. The molecule has 3 nitrogen and oxygen atoms in total. The standard InChI is InChI=1S/C10H16N2OS/c1-2-7(11)5-10-12-8-3-4-13-6-9(8)14-10/h7H,2-6,11H2,1H3. The fourth-order valence-corrected chi connectivity index (χ4v) is 2.68. The third-order valence-corrected chi connectivity index (χ3v) is 3.59. The van der Waals surface area contributed by atoms with Crippen LogP contribution in [0, 0.1) is 0 Å². The van der Waals surface area contributed by atoms with Gasteiger partial charge in [-0.2, -0.15) is 0 Å². The number of rotatable bonds is 3. The average molecular weight is 212 g/mol. The molecule has 1 aromatic heterocycles. The Labute approximate surface area is 88.3 Å². The van der Waals surface area contributed by atoms with Crippen molar-refractivity contribution in [3.8, 4) is 0 Å². The minimum absolute atomic E-state index is 0.253. The lowest BCUT2D eigenvalue weighted by Crippen LogP contribution is -2.21. The Hall–Kier alpha value is -0.450. The molecule has 2 heterocycles. The van der Waals surface area contributed by atoms with E-state index in [4.69, 9.17) is 10.5 Å². The molecule has 0 saturated carbocycles. The van der Waals surface area contributed by atoms with Gasteiger partial charge in [0.15, 0.2) is 0 Å². The van der Waals surface area contributed by atoms with E-state index in [9.17, 15) is 0 Å². The minimum atomic E-state index is 0.253. The molecule has 78 valence electrons. The average Bonchev–Trinajstić information content (AvgIpc) is 2.59. The zero-order valence-electron chi connectivity index (χ0n) is 8.45. The molecule has 1 atom stereocenters. The molecule has 0 spiro atoms. The van der Waals surface area contributed by atoms with E-state index >= 15 is 0 Å². The Bertz CT molecular complexity index is 288. The molecule has 0 radical (unpaired) electrons. The molecule has 0 aliphatic carbocycles. The molecule has 0 aromatic carbocycles. The molecule has 2 N–H and O–H groups in total. The van der Waals surface area contributed by atoms with Gasteiger partial charge in [0.05, 0.1) is 28.8 Å². The minimum Gasteiger partial charge on any atom is -0.375 e. The van der Waals surface area contributed by atoms with Gasteiger partial charge in [0.1, 0.15) is 0 Å². The Kier molecular flexibility index (Phi) is 3.15. The summed E-state index contributed by atoms with van der Waals surface area (Å²) in [5, 5.41) is 1.18. The largest absolute Gasteiger partial charge is 0.375 e. The topological polar surface area (TPSA) is 48.1 Å². The van der Waals surface area contributed by atoms with E-state index in [0.29, 0.717) is 0 Å². The van der Waals surface area contributed by atoms with Crippen molar-refractivity contribution < 1.29 is 4.74 Å². The number of aromatic nitrogens is 1. The fourth-order valence-electron chi connectivity index (χ4n) is 1.53. The highest BCUT2D eigenvalue weighted by Gasteiger charge is 2.16. The third kappa shape index (κ3) is 2.13. The summed E-state index contributed by atoms with van der Waals surface area (Å²) >= 11 is 1.76. The number of nitrogens with zero attached hydrogens (tertiary/aromatic N) is 1. The number of thiazole rings is 1. The predicted octanol–water partition coefficient (Wildman–Crippen LogP) is 1.50. The molecule has 1 aliphatic rings. The molecule has 0 bridgehead atoms. The first-order valence-electron chi connectivity index (χ1n) is 5.10. The van der Waals surface area contributed by atoms with Gasteiger partial charge in [-0.1, -0.05) is 6.92 Å². The van der Waals surface area contributed by atoms with Crippen LogP contribution < -0.4 is 5.73 Å². The first-order chi connectivity index (χ1) is 6.79. The number of nitrogens with two attached hydrogens (primary N) is 1. The lowest BCUT2D eigenvalue weighted by molar-refractivity contribution is 0.112. The van der Waals surface area contributed by atoms with Crippen LogP contribution in [0.1, 0.15) is 28.9 Å². The number of fused-ring (bicyclic) bond motifs is 1. The van der Waals surface area contributed by atoms with Gasteiger partial charge in [0, 0.05) is 18.9 Å². The van der Waals surface area contributed by atoms with Gasteiger partial charge in [0.25, 0.3) is 0 Å². The van der Waals surface area contributed by atoms with E-state index in [-0.39, 0.29) is 6.04 Å². The lowest BCUT2D eigenvalue weighted by Gasteiger charge is -2.08. The van der Waals surface area contributed by atoms with Crippen LogP contribution in [-0.2, 0) is 24.2 Å². The molecule has 0 fully saturated rings. The van der Waals surface area contributed by atoms with E-state index in [0.717, 1.165) is 32.5 Å². The quantitative estimate of drug-likeness (QED) is 0.826. The Morgan fingerprint density at radius 3 is 3.21 bits per heavy atom. The Balaban J connectivity index is 2.08. The van der Waals surface area contributed by atoms with Gasteiger partial charge in [-0.3, -0.25) is 0 Å². The van der Waals surface area contributed by atoms with E-state index in [1.165, 1.54) is 15.6 Å². The number of hydrogen-bond acceptors (Lipinski definition) is 4. The summed E-state index contributed by atoms with van der Waals surface area (Å²) in [6, 6.07) is 0.253. The van der Waals surface area contributed by atoms with E-state index in [1.807, 2.05) is 0 Å². The van der Waals surface area contributed by atoms with Crippen LogP contribution in [0.2, 0.25) is 0 Å².